The van der Waals surface area contributed by atoms with E-state index in [4.69, 9.17) is 0 Å². The van der Waals surface area contributed by atoms with Gasteiger partial charge in [-0.3, -0.25) is 0 Å². The minimum atomic E-state index is -5.38. The molecule has 16 heavy (non-hydrogen) atoms. The van der Waals surface area contributed by atoms with Crippen LogP contribution in [0.3, 0.4) is 0 Å². The van der Waals surface area contributed by atoms with Gasteiger partial charge >= 0.3 is 12.4 Å². The summed E-state index contributed by atoms with van der Waals surface area (Å²) in [6.07, 6.45) is -10.8. The van der Waals surface area contributed by atoms with Crippen LogP contribution in [0.2, 0.25) is 0 Å². The van der Waals surface area contributed by atoms with Crippen LogP contribution in [0, 0.1) is 11.6 Å². The van der Waals surface area contributed by atoms with Crippen molar-refractivity contribution < 1.29 is 35.1 Å². The summed E-state index contributed by atoms with van der Waals surface area (Å²) in [5.74, 6) is -4.33. The highest BCUT2D eigenvalue weighted by molar-refractivity contribution is 5.31. The molecule has 0 nitrogen and oxygen atoms in total. The molecule has 0 atom stereocenters. The first-order valence-corrected chi connectivity index (χ1v) is 3.67. The van der Waals surface area contributed by atoms with Crippen molar-refractivity contribution in [1.82, 2.24) is 0 Å². The highest BCUT2D eigenvalue weighted by Crippen LogP contribution is 2.38. The van der Waals surface area contributed by atoms with Crippen LogP contribution in [0.15, 0.2) is 12.1 Å². The molecule has 1 aromatic rings. The Hall–Kier alpha value is -1.34. The van der Waals surface area contributed by atoms with Gasteiger partial charge in [0, 0.05) is 0 Å². The third kappa shape index (κ3) is 2.42. The highest BCUT2D eigenvalue weighted by atomic mass is 19.4. The SMILES string of the molecule is Fc1cc(C(F)(F)F)c(F)c(C(F)(F)F)c1. The summed E-state index contributed by atoms with van der Waals surface area (Å²) < 4.78 is 97.5. The molecule has 0 amide bonds. The smallest absolute Gasteiger partial charge is 0.207 e. The summed E-state index contributed by atoms with van der Waals surface area (Å²) in [6.45, 7) is 0. The average molecular weight is 250 g/mol. The fourth-order valence-electron chi connectivity index (χ4n) is 1.00. The second-order valence-corrected chi connectivity index (χ2v) is 2.81. The van der Waals surface area contributed by atoms with Gasteiger partial charge in [-0.25, -0.2) is 8.78 Å². The lowest BCUT2D eigenvalue weighted by Gasteiger charge is -2.13. The fourth-order valence-corrected chi connectivity index (χ4v) is 1.00. The third-order valence-corrected chi connectivity index (χ3v) is 1.65. The summed E-state index contributed by atoms with van der Waals surface area (Å²) in [5.41, 5.74) is -4.56. The molecular weight excluding hydrogens is 248 g/mol. The maximum absolute atomic E-state index is 12.8. The zero-order valence-corrected chi connectivity index (χ0v) is 7.18. The molecule has 1 rings (SSSR count). The first-order valence-electron chi connectivity index (χ1n) is 3.67. The van der Waals surface area contributed by atoms with Gasteiger partial charge in [0.05, 0.1) is 11.1 Å². The summed E-state index contributed by atoms with van der Waals surface area (Å²) in [4.78, 5) is 0. The lowest BCUT2D eigenvalue weighted by atomic mass is 10.1. The molecule has 0 radical (unpaired) electrons. The molecule has 8 heteroatoms. The standard InChI is InChI=1S/C8H2F8/c9-3-1-4(7(11,12)13)6(10)5(2-3)8(14,15)16/h1-2H. The van der Waals surface area contributed by atoms with Gasteiger partial charge in [-0.2, -0.15) is 26.3 Å². The second-order valence-electron chi connectivity index (χ2n) is 2.81. The predicted molar refractivity (Wildman–Crippen MR) is 36.4 cm³/mol. The van der Waals surface area contributed by atoms with Crippen molar-refractivity contribution >= 4 is 0 Å². The lowest BCUT2D eigenvalue weighted by Crippen LogP contribution is -2.16. The van der Waals surface area contributed by atoms with Gasteiger partial charge in [0.1, 0.15) is 11.6 Å². The van der Waals surface area contributed by atoms with Crippen molar-refractivity contribution in [2.24, 2.45) is 0 Å². The molecule has 90 valence electrons. The van der Waals surface area contributed by atoms with E-state index in [0.29, 0.717) is 0 Å². The molecule has 0 saturated heterocycles. The van der Waals surface area contributed by atoms with E-state index < -0.39 is 35.1 Å². The molecule has 0 aromatic heterocycles. The van der Waals surface area contributed by atoms with E-state index in [0.717, 1.165) is 0 Å². The van der Waals surface area contributed by atoms with Crippen LogP contribution in [0.5, 0.6) is 0 Å². The molecule has 0 unspecified atom stereocenters. The van der Waals surface area contributed by atoms with Crippen molar-refractivity contribution in [2.75, 3.05) is 0 Å². The zero-order valence-electron chi connectivity index (χ0n) is 7.18. The molecule has 0 spiro atoms. The average Bonchev–Trinajstić information content (AvgIpc) is 2.04. The Morgan fingerprint density at radius 3 is 1.25 bits per heavy atom. The predicted octanol–water partition coefficient (Wildman–Crippen LogP) is 4.00. The Kier molecular flexibility index (Phi) is 2.86. The number of hydrogen-bond donors (Lipinski definition) is 0. The monoisotopic (exact) mass is 250 g/mol. The maximum atomic E-state index is 12.8. The van der Waals surface area contributed by atoms with E-state index in [2.05, 4.69) is 0 Å². The van der Waals surface area contributed by atoms with E-state index in [9.17, 15) is 35.1 Å². The quantitative estimate of drug-likeness (QED) is 0.610. The van der Waals surface area contributed by atoms with E-state index in [-0.39, 0.29) is 12.1 Å². The Morgan fingerprint density at radius 1 is 0.688 bits per heavy atom. The Labute approximate surface area is 83.5 Å². The van der Waals surface area contributed by atoms with Crippen molar-refractivity contribution in [1.29, 1.82) is 0 Å². The van der Waals surface area contributed by atoms with E-state index in [1.807, 2.05) is 0 Å². The Morgan fingerprint density at radius 2 is 1.00 bits per heavy atom. The molecule has 0 saturated carbocycles. The molecule has 0 N–H and O–H groups in total. The van der Waals surface area contributed by atoms with Crippen LogP contribution in [0.1, 0.15) is 11.1 Å². The van der Waals surface area contributed by atoms with E-state index >= 15 is 0 Å². The van der Waals surface area contributed by atoms with Gasteiger partial charge in [0.15, 0.2) is 0 Å². The third-order valence-electron chi connectivity index (χ3n) is 1.65. The van der Waals surface area contributed by atoms with Gasteiger partial charge in [-0.05, 0) is 12.1 Å². The van der Waals surface area contributed by atoms with Crippen molar-refractivity contribution in [3.63, 3.8) is 0 Å². The van der Waals surface area contributed by atoms with Crippen LogP contribution in [-0.2, 0) is 12.4 Å². The lowest BCUT2D eigenvalue weighted by molar-refractivity contribution is -0.148. The van der Waals surface area contributed by atoms with Crippen LogP contribution in [-0.4, -0.2) is 0 Å². The number of halogens is 8. The van der Waals surface area contributed by atoms with Gasteiger partial charge in [-0.15, -0.1) is 0 Å². The minimum Gasteiger partial charge on any atom is -0.207 e. The normalized spacial score (nSPS) is 13.0. The summed E-state index contributed by atoms with van der Waals surface area (Å²) in [5, 5.41) is 0. The topological polar surface area (TPSA) is 0 Å². The first kappa shape index (κ1) is 12.7. The maximum Gasteiger partial charge on any atom is 0.419 e. The van der Waals surface area contributed by atoms with Crippen molar-refractivity contribution in [3.05, 3.63) is 34.9 Å². The number of benzene rings is 1. The first-order chi connectivity index (χ1) is 7.03. The number of rotatable bonds is 0. The summed E-state index contributed by atoms with van der Waals surface area (Å²) in [6, 6.07) is -0.658. The summed E-state index contributed by atoms with van der Waals surface area (Å²) in [7, 11) is 0. The van der Waals surface area contributed by atoms with Crippen LogP contribution in [0.25, 0.3) is 0 Å². The highest BCUT2D eigenvalue weighted by Gasteiger charge is 2.42. The van der Waals surface area contributed by atoms with Crippen LogP contribution in [0.4, 0.5) is 35.1 Å². The Bertz CT molecular complexity index is 364. The molecular formula is C8H2F8. The van der Waals surface area contributed by atoms with Crippen molar-refractivity contribution in [2.45, 2.75) is 12.4 Å². The largest absolute Gasteiger partial charge is 0.419 e. The number of alkyl halides is 6. The van der Waals surface area contributed by atoms with Crippen molar-refractivity contribution in [3.8, 4) is 0 Å². The van der Waals surface area contributed by atoms with Crippen LogP contribution >= 0.6 is 0 Å². The molecule has 0 bridgehead atoms. The molecule has 0 aliphatic heterocycles. The molecule has 0 heterocycles. The molecule has 0 aliphatic carbocycles. The Balaban J connectivity index is 3.51. The van der Waals surface area contributed by atoms with Gasteiger partial charge in [-0.1, -0.05) is 0 Å². The molecule has 0 aliphatic rings. The molecule has 0 fully saturated rings. The number of hydrogen-bond acceptors (Lipinski definition) is 0. The zero-order chi connectivity index (χ0) is 12.7. The van der Waals surface area contributed by atoms with E-state index in [1.165, 1.54) is 0 Å². The minimum absolute atomic E-state index is 0.329. The van der Waals surface area contributed by atoms with Gasteiger partial charge < -0.3 is 0 Å². The second kappa shape index (κ2) is 3.60. The molecule has 1 aromatic carbocycles. The van der Waals surface area contributed by atoms with E-state index in [1.54, 1.807) is 0 Å². The van der Waals surface area contributed by atoms with Crippen LogP contribution < -0.4 is 0 Å². The van der Waals surface area contributed by atoms with Gasteiger partial charge in [0.25, 0.3) is 0 Å². The summed E-state index contributed by atoms with van der Waals surface area (Å²) >= 11 is 0. The fraction of sp³-hybridized carbons (Fsp3) is 0.250. The van der Waals surface area contributed by atoms with Gasteiger partial charge in [0.2, 0.25) is 0 Å².